The van der Waals surface area contributed by atoms with Crippen LogP contribution in [0.3, 0.4) is 0 Å². The minimum absolute atomic E-state index is 0.432. The summed E-state index contributed by atoms with van der Waals surface area (Å²) in [6.45, 7) is 2.31. The first-order valence-electron chi connectivity index (χ1n) is 5.70. The number of aliphatic hydroxyl groups excluding tert-OH is 1. The number of rotatable bonds is 4. The molecule has 2 nitrogen and oxygen atoms in total. The van der Waals surface area contributed by atoms with Crippen molar-refractivity contribution in [2.45, 2.75) is 19.6 Å². The van der Waals surface area contributed by atoms with Crippen LogP contribution < -0.4 is 4.74 Å². The molecule has 0 heterocycles. The molecule has 1 atom stereocenters. The van der Waals surface area contributed by atoms with Gasteiger partial charge in [0.2, 0.25) is 0 Å². The van der Waals surface area contributed by atoms with Crippen molar-refractivity contribution < 1.29 is 9.84 Å². The van der Waals surface area contributed by atoms with Gasteiger partial charge in [-0.25, -0.2) is 0 Å². The van der Waals surface area contributed by atoms with Crippen molar-refractivity contribution in [3.8, 4) is 5.75 Å². The minimum atomic E-state index is -0.432. The second kappa shape index (κ2) is 5.51. The molecule has 0 aliphatic carbocycles. The fourth-order valence-corrected chi connectivity index (χ4v) is 1.58. The van der Waals surface area contributed by atoms with Crippen molar-refractivity contribution >= 4 is 0 Å². The average molecular weight is 228 g/mol. The van der Waals surface area contributed by atoms with Crippen molar-refractivity contribution in [3.63, 3.8) is 0 Å². The number of aliphatic hydroxyl groups is 1. The summed E-state index contributed by atoms with van der Waals surface area (Å²) in [5.74, 6) is 0.818. The van der Waals surface area contributed by atoms with E-state index in [1.807, 2.05) is 54.6 Å². The van der Waals surface area contributed by atoms with Crippen molar-refractivity contribution in [1.82, 2.24) is 0 Å². The molecule has 1 N–H and O–H groups in total. The summed E-state index contributed by atoms with van der Waals surface area (Å²) in [4.78, 5) is 0. The standard InChI is InChI=1S/C15H16O2/c1-12(16)14-7-9-15(10-8-14)17-11-13-5-3-2-4-6-13/h2-10,12,16H,11H2,1H3/t12-/m0/s1. The first-order valence-corrected chi connectivity index (χ1v) is 5.70. The molecule has 2 heteroatoms. The molecule has 0 aromatic heterocycles. The van der Waals surface area contributed by atoms with Crippen LogP contribution in [0.15, 0.2) is 54.6 Å². The summed E-state index contributed by atoms with van der Waals surface area (Å²) in [5, 5.41) is 9.38. The van der Waals surface area contributed by atoms with E-state index in [0.29, 0.717) is 6.61 Å². The van der Waals surface area contributed by atoms with E-state index in [9.17, 15) is 5.11 Å². The first-order chi connectivity index (χ1) is 8.25. The first kappa shape index (κ1) is 11.7. The molecular weight excluding hydrogens is 212 g/mol. The lowest BCUT2D eigenvalue weighted by Gasteiger charge is -2.08. The van der Waals surface area contributed by atoms with Gasteiger partial charge in [0.15, 0.2) is 0 Å². The van der Waals surface area contributed by atoms with Crippen LogP contribution in [-0.4, -0.2) is 5.11 Å². The van der Waals surface area contributed by atoms with Crippen molar-refractivity contribution in [1.29, 1.82) is 0 Å². The maximum Gasteiger partial charge on any atom is 0.119 e. The van der Waals surface area contributed by atoms with Crippen molar-refractivity contribution in [2.24, 2.45) is 0 Å². The Labute approximate surface area is 101 Å². The maximum atomic E-state index is 9.38. The highest BCUT2D eigenvalue weighted by molar-refractivity contribution is 5.28. The zero-order valence-electron chi connectivity index (χ0n) is 9.84. The van der Waals surface area contributed by atoms with Gasteiger partial charge in [0.05, 0.1) is 6.10 Å². The molecule has 0 spiro atoms. The summed E-state index contributed by atoms with van der Waals surface area (Å²) in [6, 6.07) is 17.6. The van der Waals surface area contributed by atoms with Crippen LogP contribution in [0.5, 0.6) is 5.75 Å². The summed E-state index contributed by atoms with van der Waals surface area (Å²) in [6.07, 6.45) is -0.432. The van der Waals surface area contributed by atoms with Crippen LogP contribution in [0.4, 0.5) is 0 Å². The third-order valence-corrected chi connectivity index (χ3v) is 2.61. The van der Waals surface area contributed by atoms with E-state index in [0.717, 1.165) is 16.9 Å². The number of hydrogen-bond donors (Lipinski definition) is 1. The van der Waals surface area contributed by atoms with E-state index in [-0.39, 0.29) is 0 Å². The maximum absolute atomic E-state index is 9.38. The van der Waals surface area contributed by atoms with Crippen LogP contribution in [0.1, 0.15) is 24.2 Å². The Morgan fingerprint density at radius 2 is 1.65 bits per heavy atom. The zero-order valence-corrected chi connectivity index (χ0v) is 9.84. The molecule has 2 aromatic rings. The predicted octanol–water partition coefficient (Wildman–Crippen LogP) is 3.32. The Kier molecular flexibility index (Phi) is 3.78. The van der Waals surface area contributed by atoms with Gasteiger partial charge in [-0.15, -0.1) is 0 Å². The molecule has 0 radical (unpaired) electrons. The van der Waals surface area contributed by atoms with Gasteiger partial charge in [-0.3, -0.25) is 0 Å². The normalized spacial score (nSPS) is 12.1. The van der Waals surface area contributed by atoms with Gasteiger partial charge >= 0.3 is 0 Å². The van der Waals surface area contributed by atoms with E-state index < -0.39 is 6.10 Å². The van der Waals surface area contributed by atoms with Crippen molar-refractivity contribution in [2.75, 3.05) is 0 Å². The van der Waals surface area contributed by atoms with Crippen LogP contribution in [0.2, 0.25) is 0 Å². The third kappa shape index (κ3) is 3.33. The molecular formula is C15H16O2. The van der Waals surface area contributed by atoms with E-state index in [1.54, 1.807) is 6.92 Å². The monoisotopic (exact) mass is 228 g/mol. The number of benzene rings is 2. The van der Waals surface area contributed by atoms with Gasteiger partial charge < -0.3 is 9.84 Å². The lowest BCUT2D eigenvalue weighted by Crippen LogP contribution is -1.96. The van der Waals surface area contributed by atoms with E-state index in [1.165, 1.54) is 0 Å². The van der Waals surface area contributed by atoms with E-state index in [2.05, 4.69) is 0 Å². The Morgan fingerprint density at radius 3 is 2.24 bits per heavy atom. The molecule has 0 fully saturated rings. The van der Waals surface area contributed by atoms with Crippen LogP contribution in [0, 0.1) is 0 Å². The molecule has 2 aromatic carbocycles. The average Bonchev–Trinajstić information content (AvgIpc) is 2.38. The largest absolute Gasteiger partial charge is 0.489 e. The van der Waals surface area contributed by atoms with E-state index >= 15 is 0 Å². The third-order valence-electron chi connectivity index (χ3n) is 2.61. The second-order valence-corrected chi connectivity index (χ2v) is 4.02. The molecule has 0 unspecified atom stereocenters. The summed E-state index contributed by atoms with van der Waals surface area (Å²) >= 11 is 0. The quantitative estimate of drug-likeness (QED) is 0.869. The number of hydrogen-bond acceptors (Lipinski definition) is 2. The van der Waals surface area contributed by atoms with Gasteiger partial charge in [-0.1, -0.05) is 42.5 Å². The molecule has 2 rings (SSSR count). The Bertz CT molecular complexity index is 446. The molecule has 0 amide bonds. The van der Waals surface area contributed by atoms with Crippen molar-refractivity contribution in [3.05, 3.63) is 65.7 Å². The second-order valence-electron chi connectivity index (χ2n) is 4.02. The molecule has 0 bridgehead atoms. The Balaban J connectivity index is 1.96. The van der Waals surface area contributed by atoms with Gasteiger partial charge in [0, 0.05) is 0 Å². The molecule has 0 saturated carbocycles. The van der Waals surface area contributed by atoms with Gasteiger partial charge in [0.1, 0.15) is 12.4 Å². The SMILES string of the molecule is C[C@H](O)c1ccc(OCc2ccccc2)cc1. The highest BCUT2D eigenvalue weighted by atomic mass is 16.5. The van der Waals surface area contributed by atoms with Gasteiger partial charge in [0.25, 0.3) is 0 Å². The fraction of sp³-hybridized carbons (Fsp3) is 0.200. The number of ether oxygens (including phenoxy) is 1. The Morgan fingerprint density at radius 1 is 1.00 bits per heavy atom. The molecule has 88 valence electrons. The minimum Gasteiger partial charge on any atom is -0.489 e. The predicted molar refractivity (Wildman–Crippen MR) is 67.8 cm³/mol. The van der Waals surface area contributed by atoms with Gasteiger partial charge in [-0.05, 0) is 30.2 Å². The fourth-order valence-electron chi connectivity index (χ4n) is 1.58. The Hall–Kier alpha value is -1.80. The summed E-state index contributed by atoms with van der Waals surface area (Å²) in [7, 11) is 0. The summed E-state index contributed by atoms with van der Waals surface area (Å²) < 4.78 is 5.65. The zero-order chi connectivity index (χ0) is 12.1. The molecule has 0 aliphatic rings. The van der Waals surface area contributed by atoms with Crippen LogP contribution in [-0.2, 0) is 6.61 Å². The van der Waals surface area contributed by atoms with Gasteiger partial charge in [-0.2, -0.15) is 0 Å². The molecule has 0 saturated heterocycles. The van der Waals surface area contributed by atoms with Crippen LogP contribution in [0.25, 0.3) is 0 Å². The lowest BCUT2D eigenvalue weighted by atomic mass is 10.1. The lowest BCUT2D eigenvalue weighted by molar-refractivity contribution is 0.199. The smallest absolute Gasteiger partial charge is 0.119 e. The van der Waals surface area contributed by atoms with Crippen LogP contribution >= 0.6 is 0 Å². The summed E-state index contributed by atoms with van der Waals surface area (Å²) in [5.41, 5.74) is 2.05. The highest BCUT2D eigenvalue weighted by Crippen LogP contribution is 2.18. The van der Waals surface area contributed by atoms with E-state index in [4.69, 9.17) is 4.74 Å². The highest BCUT2D eigenvalue weighted by Gasteiger charge is 2.00. The topological polar surface area (TPSA) is 29.5 Å². The molecule has 17 heavy (non-hydrogen) atoms. The molecule has 0 aliphatic heterocycles.